The van der Waals surface area contributed by atoms with Gasteiger partial charge in [0.15, 0.2) is 23.0 Å². The molecule has 1 fully saturated rings. The quantitative estimate of drug-likeness (QED) is 0.496. The number of rotatable bonds is 8. The highest BCUT2D eigenvalue weighted by Gasteiger charge is 2.50. The molecule has 0 aromatic heterocycles. The minimum absolute atomic E-state index is 0.00216. The maximum Gasteiger partial charge on any atom is 0.237 e. The Labute approximate surface area is 198 Å². The highest BCUT2D eigenvalue weighted by molar-refractivity contribution is 6.07. The van der Waals surface area contributed by atoms with E-state index in [1.54, 1.807) is 36.3 Å². The van der Waals surface area contributed by atoms with Crippen LogP contribution in [-0.2, 0) is 4.79 Å². The second-order valence-corrected chi connectivity index (χ2v) is 7.72. The van der Waals surface area contributed by atoms with Crippen molar-refractivity contribution in [2.45, 2.75) is 12.0 Å². The zero-order valence-electron chi connectivity index (χ0n) is 19.7. The molecule has 8 nitrogen and oxygen atoms in total. The molecule has 0 unspecified atom stereocenters. The standard InChI is InChI=1S/C26H27NO7/c1-30-18-9-6-15(7-10-18)23-24(16-8-11-20(31-2)19(28)12-16)27(26(23)29)17-13-21(32-3)25(34-5)22(14-17)33-4/h6-14,23-24,28H,1-5H3/t23-,24-/m0/s1. The monoisotopic (exact) mass is 465 g/mol. The van der Waals surface area contributed by atoms with E-state index in [9.17, 15) is 9.90 Å². The van der Waals surface area contributed by atoms with Gasteiger partial charge in [-0.1, -0.05) is 18.2 Å². The van der Waals surface area contributed by atoms with Gasteiger partial charge in [0, 0.05) is 12.1 Å². The van der Waals surface area contributed by atoms with Crippen molar-refractivity contribution in [2.75, 3.05) is 40.4 Å². The number of hydrogen-bond donors (Lipinski definition) is 1. The number of aromatic hydroxyl groups is 1. The molecule has 1 heterocycles. The average Bonchev–Trinajstić information content (AvgIpc) is 2.86. The van der Waals surface area contributed by atoms with Crippen LogP contribution in [0.3, 0.4) is 0 Å². The number of benzene rings is 3. The first-order valence-electron chi connectivity index (χ1n) is 10.6. The normalized spacial score (nSPS) is 17.1. The molecule has 1 amide bonds. The summed E-state index contributed by atoms with van der Waals surface area (Å²) >= 11 is 0. The van der Waals surface area contributed by atoms with E-state index in [0.717, 1.165) is 11.1 Å². The number of amides is 1. The van der Waals surface area contributed by atoms with Gasteiger partial charge in [0.05, 0.1) is 53.2 Å². The number of nitrogens with zero attached hydrogens (tertiary/aromatic N) is 1. The van der Waals surface area contributed by atoms with Crippen molar-refractivity contribution in [1.82, 2.24) is 0 Å². The van der Waals surface area contributed by atoms with Gasteiger partial charge in [0.1, 0.15) is 5.75 Å². The van der Waals surface area contributed by atoms with E-state index in [4.69, 9.17) is 23.7 Å². The number of carbonyl (C=O) groups is 1. The van der Waals surface area contributed by atoms with Gasteiger partial charge < -0.3 is 33.7 Å². The third-order valence-corrected chi connectivity index (χ3v) is 6.04. The highest BCUT2D eigenvalue weighted by Crippen LogP contribution is 2.52. The van der Waals surface area contributed by atoms with E-state index in [-0.39, 0.29) is 17.7 Å². The molecule has 8 heteroatoms. The van der Waals surface area contributed by atoms with E-state index in [0.29, 0.717) is 34.4 Å². The predicted molar refractivity (Wildman–Crippen MR) is 127 cm³/mol. The average molecular weight is 466 g/mol. The van der Waals surface area contributed by atoms with Crippen molar-refractivity contribution >= 4 is 11.6 Å². The molecule has 1 aliphatic heterocycles. The van der Waals surface area contributed by atoms with Crippen LogP contribution in [-0.4, -0.2) is 46.6 Å². The first-order valence-corrected chi connectivity index (χ1v) is 10.6. The lowest BCUT2D eigenvalue weighted by Gasteiger charge is -2.48. The fourth-order valence-corrected chi connectivity index (χ4v) is 4.35. The van der Waals surface area contributed by atoms with Crippen molar-refractivity contribution in [2.24, 2.45) is 0 Å². The van der Waals surface area contributed by atoms with Crippen LogP contribution in [0.5, 0.6) is 34.5 Å². The number of phenolic OH excluding ortho intramolecular Hbond substituents is 1. The molecule has 0 radical (unpaired) electrons. The Balaban J connectivity index is 1.83. The van der Waals surface area contributed by atoms with Crippen LogP contribution in [0.4, 0.5) is 5.69 Å². The summed E-state index contributed by atoms with van der Waals surface area (Å²) in [6, 6.07) is 15.6. The molecule has 1 aliphatic rings. The third kappa shape index (κ3) is 3.81. The molecule has 3 aromatic carbocycles. The second-order valence-electron chi connectivity index (χ2n) is 7.72. The van der Waals surface area contributed by atoms with Crippen molar-refractivity contribution in [3.05, 3.63) is 65.7 Å². The Morgan fingerprint density at radius 3 is 1.79 bits per heavy atom. The van der Waals surface area contributed by atoms with Crippen molar-refractivity contribution in [1.29, 1.82) is 0 Å². The van der Waals surface area contributed by atoms with E-state index in [2.05, 4.69) is 0 Å². The van der Waals surface area contributed by atoms with Crippen molar-refractivity contribution in [3.63, 3.8) is 0 Å². The summed E-state index contributed by atoms with van der Waals surface area (Å²) in [5.74, 6) is 1.82. The first kappa shape index (κ1) is 23.1. The SMILES string of the molecule is COc1ccc([C@@H]2C(=O)N(c3cc(OC)c(OC)c(OC)c3)[C@H]2c2ccc(OC)c(O)c2)cc1. The molecule has 0 bridgehead atoms. The maximum atomic E-state index is 13.6. The summed E-state index contributed by atoms with van der Waals surface area (Å²) in [4.78, 5) is 15.2. The number of hydrogen-bond acceptors (Lipinski definition) is 7. The molecule has 2 atom stereocenters. The van der Waals surface area contributed by atoms with Crippen LogP contribution in [0.25, 0.3) is 0 Å². The Kier molecular flexibility index (Phi) is 6.40. The molecule has 1 N–H and O–H groups in total. The lowest BCUT2D eigenvalue weighted by molar-refractivity contribution is -0.126. The number of carbonyl (C=O) groups excluding carboxylic acids is 1. The number of phenols is 1. The second kappa shape index (κ2) is 9.43. The van der Waals surface area contributed by atoms with E-state index in [1.165, 1.54) is 28.4 Å². The van der Waals surface area contributed by atoms with Gasteiger partial charge in [-0.05, 0) is 35.4 Å². The Hall–Kier alpha value is -4.07. The number of β-lactam (4-membered cyclic amide) rings is 1. The van der Waals surface area contributed by atoms with Crippen molar-refractivity contribution in [3.8, 4) is 34.5 Å². The summed E-state index contributed by atoms with van der Waals surface area (Å²) in [5.41, 5.74) is 2.19. The molecule has 4 rings (SSSR count). The topological polar surface area (TPSA) is 86.7 Å². The molecule has 0 saturated carbocycles. The summed E-state index contributed by atoms with van der Waals surface area (Å²) in [7, 11) is 7.66. The fourth-order valence-electron chi connectivity index (χ4n) is 4.35. The third-order valence-electron chi connectivity index (χ3n) is 6.04. The van der Waals surface area contributed by atoms with Gasteiger partial charge in [0.25, 0.3) is 0 Å². The van der Waals surface area contributed by atoms with Gasteiger partial charge in [-0.25, -0.2) is 0 Å². The molecular formula is C26H27NO7. The van der Waals surface area contributed by atoms with Gasteiger partial charge in [0.2, 0.25) is 11.7 Å². The predicted octanol–water partition coefficient (Wildman–Crippen LogP) is 4.31. The van der Waals surface area contributed by atoms with Crippen LogP contribution >= 0.6 is 0 Å². The minimum atomic E-state index is -0.460. The summed E-state index contributed by atoms with van der Waals surface area (Å²) < 4.78 is 26.9. The number of ether oxygens (including phenoxy) is 5. The molecule has 3 aromatic rings. The zero-order chi connectivity index (χ0) is 24.4. The van der Waals surface area contributed by atoms with Crippen LogP contribution in [0.2, 0.25) is 0 Å². The number of anilines is 1. The molecular weight excluding hydrogens is 438 g/mol. The van der Waals surface area contributed by atoms with Gasteiger partial charge in [-0.2, -0.15) is 0 Å². The van der Waals surface area contributed by atoms with Crippen LogP contribution < -0.4 is 28.6 Å². The Bertz CT molecular complexity index is 1170. The zero-order valence-corrected chi connectivity index (χ0v) is 19.7. The van der Waals surface area contributed by atoms with Crippen LogP contribution in [0.1, 0.15) is 23.1 Å². The molecule has 0 spiro atoms. The largest absolute Gasteiger partial charge is 0.504 e. The van der Waals surface area contributed by atoms with E-state index in [1.807, 2.05) is 30.3 Å². The summed E-state index contributed by atoms with van der Waals surface area (Å²) in [6.07, 6.45) is 0. The lowest BCUT2D eigenvalue weighted by Crippen LogP contribution is -2.53. The highest BCUT2D eigenvalue weighted by atomic mass is 16.5. The Morgan fingerprint density at radius 1 is 0.706 bits per heavy atom. The summed E-state index contributed by atoms with van der Waals surface area (Å²) in [5, 5.41) is 10.4. The molecule has 34 heavy (non-hydrogen) atoms. The maximum absolute atomic E-state index is 13.6. The van der Waals surface area contributed by atoms with Gasteiger partial charge in [-0.3, -0.25) is 4.79 Å². The smallest absolute Gasteiger partial charge is 0.237 e. The van der Waals surface area contributed by atoms with E-state index >= 15 is 0 Å². The fraction of sp³-hybridized carbons (Fsp3) is 0.269. The first-order chi connectivity index (χ1) is 16.5. The van der Waals surface area contributed by atoms with E-state index < -0.39 is 5.92 Å². The minimum Gasteiger partial charge on any atom is -0.504 e. The van der Waals surface area contributed by atoms with Crippen molar-refractivity contribution < 1.29 is 33.6 Å². The lowest BCUT2D eigenvalue weighted by atomic mass is 9.77. The molecule has 178 valence electrons. The molecule has 0 aliphatic carbocycles. The van der Waals surface area contributed by atoms with Crippen LogP contribution in [0.15, 0.2) is 54.6 Å². The molecule has 1 saturated heterocycles. The van der Waals surface area contributed by atoms with Crippen LogP contribution in [0, 0.1) is 0 Å². The van der Waals surface area contributed by atoms with Gasteiger partial charge in [-0.15, -0.1) is 0 Å². The van der Waals surface area contributed by atoms with Gasteiger partial charge >= 0.3 is 0 Å². The number of methoxy groups -OCH3 is 5. The Morgan fingerprint density at radius 2 is 1.29 bits per heavy atom. The summed E-state index contributed by atoms with van der Waals surface area (Å²) in [6.45, 7) is 0.